The molecule has 0 fully saturated rings. The van der Waals surface area contributed by atoms with Gasteiger partial charge in [-0.15, -0.1) is 0 Å². The molecule has 172 valence electrons. The maximum Gasteiger partial charge on any atom is 0.290 e. The van der Waals surface area contributed by atoms with E-state index >= 15 is 0 Å². The molecule has 1 amide bonds. The first-order chi connectivity index (χ1) is 16.4. The van der Waals surface area contributed by atoms with Gasteiger partial charge in [0.15, 0.2) is 5.43 Å². The quantitative estimate of drug-likeness (QED) is 0.327. The molecule has 5 nitrogen and oxygen atoms in total. The lowest BCUT2D eigenvalue weighted by Gasteiger charge is -2.25. The summed E-state index contributed by atoms with van der Waals surface area (Å²) in [6.07, 6.45) is 0.641. The van der Waals surface area contributed by atoms with Crippen LogP contribution in [0.5, 0.6) is 5.75 Å². The Balaban J connectivity index is 1.62. The summed E-state index contributed by atoms with van der Waals surface area (Å²) in [6, 6.07) is 18.8. The van der Waals surface area contributed by atoms with E-state index in [-0.39, 0.29) is 17.1 Å². The second kappa shape index (κ2) is 8.76. The largest absolute Gasteiger partial charge is 0.497 e. The summed E-state index contributed by atoms with van der Waals surface area (Å²) in [5, 5.41) is 0.517. The van der Waals surface area contributed by atoms with Gasteiger partial charge < -0.3 is 14.1 Å². The Morgan fingerprint density at radius 1 is 1.00 bits per heavy atom. The fraction of sp³-hybridized carbons (Fsp3) is 0.214. The Morgan fingerprint density at radius 2 is 1.71 bits per heavy atom. The highest BCUT2D eigenvalue weighted by Crippen LogP contribution is 2.39. The number of carbonyl (C=O) groups is 1. The van der Waals surface area contributed by atoms with Crippen LogP contribution in [0.15, 0.2) is 74.3 Å². The molecule has 2 heterocycles. The van der Waals surface area contributed by atoms with Crippen LogP contribution in [0, 0.1) is 13.8 Å². The summed E-state index contributed by atoms with van der Waals surface area (Å²) in [5.41, 5.74) is 4.54. The molecule has 3 aromatic carbocycles. The van der Waals surface area contributed by atoms with Gasteiger partial charge in [0.1, 0.15) is 11.3 Å². The van der Waals surface area contributed by atoms with Crippen molar-refractivity contribution in [1.82, 2.24) is 4.90 Å². The Labute approximate surface area is 206 Å². The maximum absolute atomic E-state index is 13.7. The van der Waals surface area contributed by atoms with E-state index in [1.54, 1.807) is 12.0 Å². The molecule has 4 aromatic rings. The molecular formula is C28H24BrNO4. The molecule has 1 aliphatic heterocycles. The average molecular weight is 518 g/mol. The third kappa shape index (κ3) is 3.82. The van der Waals surface area contributed by atoms with Crippen molar-refractivity contribution in [1.29, 1.82) is 0 Å². The van der Waals surface area contributed by atoms with Gasteiger partial charge in [-0.25, -0.2) is 0 Å². The fourth-order valence-electron chi connectivity index (χ4n) is 4.74. The van der Waals surface area contributed by atoms with Gasteiger partial charge in [0.2, 0.25) is 5.76 Å². The molecule has 0 saturated heterocycles. The lowest BCUT2D eigenvalue weighted by atomic mass is 9.97. The van der Waals surface area contributed by atoms with Crippen LogP contribution in [-0.2, 0) is 6.42 Å². The van der Waals surface area contributed by atoms with Crippen LogP contribution in [0.4, 0.5) is 0 Å². The molecule has 0 saturated carbocycles. The van der Waals surface area contributed by atoms with E-state index in [1.807, 2.05) is 74.5 Å². The minimum absolute atomic E-state index is 0.142. The number of benzene rings is 3. The second-order valence-electron chi connectivity index (χ2n) is 8.68. The Morgan fingerprint density at radius 3 is 2.38 bits per heavy atom. The number of fused-ring (bicyclic) bond motifs is 2. The normalized spacial score (nSPS) is 15.1. The smallest absolute Gasteiger partial charge is 0.290 e. The number of ether oxygens (including phenoxy) is 1. The van der Waals surface area contributed by atoms with Gasteiger partial charge in [0.25, 0.3) is 5.91 Å². The first kappa shape index (κ1) is 22.4. The van der Waals surface area contributed by atoms with Gasteiger partial charge in [0, 0.05) is 11.0 Å². The molecule has 6 heteroatoms. The lowest BCUT2D eigenvalue weighted by Crippen LogP contribution is -2.31. The van der Waals surface area contributed by atoms with Crippen LogP contribution >= 0.6 is 15.9 Å². The lowest BCUT2D eigenvalue weighted by molar-refractivity contribution is 0.0730. The predicted octanol–water partition coefficient (Wildman–Crippen LogP) is 5.97. The maximum atomic E-state index is 13.7. The van der Waals surface area contributed by atoms with Gasteiger partial charge in [-0.2, -0.15) is 0 Å². The molecular weight excluding hydrogens is 494 g/mol. The van der Waals surface area contributed by atoms with Crippen molar-refractivity contribution < 1.29 is 13.9 Å². The summed E-state index contributed by atoms with van der Waals surface area (Å²) in [6.45, 7) is 4.30. The van der Waals surface area contributed by atoms with E-state index in [0.29, 0.717) is 29.5 Å². The number of hydrogen-bond donors (Lipinski definition) is 0. The van der Waals surface area contributed by atoms with Crippen LogP contribution in [0.1, 0.15) is 44.4 Å². The van der Waals surface area contributed by atoms with Crippen molar-refractivity contribution in [2.24, 2.45) is 0 Å². The first-order valence-electron chi connectivity index (χ1n) is 11.1. The first-order valence-corrected chi connectivity index (χ1v) is 11.9. The number of hydrogen-bond acceptors (Lipinski definition) is 4. The summed E-state index contributed by atoms with van der Waals surface area (Å²) >= 11 is 3.48. The number of nitrogens with zero attached hydrogens (tertiary/aromatic N) is 1. The third-order valence-corrected chi connectivity index (χ3v) is 6.91. The van der Waals surface area contributed by atoms with Crippen molar-refractivity contribution in [2.45, 2.75) is 26.3 Å². The van der Waals surface area contributed by atoms with E-state index in [9.17, 15) is 9.59 Å². The van der Waals surface area contributed by atoms with Crippen LogP contribution < -0.4 is 10.2 Å². The van der Waals surface area contributed by atoms with Crippen LogP contribution in [0.3, 0.4) is 0 Å². The van der Waals surface area contributed by atoms with Crippen LogP contribution in [0.2, 0.25) is 0 Å². The van der Waals surface area contributed by atoms with E-state index in [4.69, 9.17) is 9.15 Å². The number of carbonyl (C=O) groups excluding carboxylic acids is 1. The molecule has 5 rings (SSSR count). The standard InChI is InChI=1S/C28H24BrNO4/c1-16-14-17(2)26-22(15-16)25(31)23-24(19-6-8-20(29)9-7-19)30(28(32)27(23)34-26)13-12-18-4-10-21(33-3)11-5-18/h4-11,14-15,24H,12-13H2,1-3H3/t24-/m1/s1. The van der Waals surface area contributed by atoms with E-state index in [2.05, 4.69) is 15.9 Å². The van der Waals surface area contributed by atoms with Gasteiger partial charge in [0.05, 0.1) is 24.1 Å². The van der Waals surface area contributed by atoms with Crippen molar-refractivity contribution >= 4 is 32.8 Å². The molecule has 34 heavy (non-hydrogen) atoms. The highest BCUT2D eigenvalue weighted by Gasteiger charge is 2.42. The number of aryl methyl sites for hydroxylation is 2. The summed E-state index contributed by atoms with van der Waals surface area (Å²) in [7, 11) is 1.63. The highest BCUT2D eigenvalue weighted by atomic mass is 79.9. The predicted molar refractivity (Wildman–Crippen MR) is 136 cm³/mol. The summed E-state index contributed by atoms with van der Waals surface area (Å²) in [5.74, 6) is 0.677. The summed E-state index contributed by atoms with van der Waals surface area (Å²) in [4.78, 5) is 29.1. The average Bonchev–Trinajstić information content (AvgIpc) is 3.11. The zero-order chi connectivity index (χ0) is 24.0. The molecule has 0 unspecified atom stereocenters. The van der Waals surface area contributed by atoms with E-state index < -0.39 is 6.04 Å². The van der Waals surface area contributed by atoms with Crippen molar-refractivity contribution in [3.8, 4) is 5.75 Å². The van der Waals surface area contributed by atoms with Gasteiger partial charge in [-0.3, -0.25) is 9.59 Å². The van der Waals surface area contributed by atoms with Crippen LogP contribution in [0.25, 0.3) is 11.0 Å². The Bertz CT molecular complexity index is 1460. The number of methoxy groups -OCH3 is 1. The molecule has 1 aromatic heterocycles. The second-order valence-corrected chi connectivity index (χ2v) is 9.60. The molecule has 0 radical (unpaired) electrons. The van der Waals surface area contributed by atoms with Gasteiger partial charge >= 0.3 is 0 Å². The Hall–Kier alpha value is -3.38. The zero-order valence-electron chi connectivity index (χ0n) is 19.2. The molecule has 1 aliphatic rings. The Kier molecular flexibility index (Phi) is 5.78. The SMILES string of the molecule is COc1ccc(CCN2C(=O)c3oc4c(C)cc(C)cc4c(=O)c3[C@H]2c2ccc(Br)cc2)cc1. The zero-order valence-corrected chi connectivity index (χ0v) is 20.8. The van der Waals surface area contributed by atoms with E-state index in [0.717, 1.165) is 32.5 Å². The molecule has 0 bridgehead atoms. The molecule has 0 aliphatic carbocycles. The van der Waals surface area contributed by atoms with Gasteiger partial charge in [-0.1, -0.05) is 46.3 Å². The number of rotatable bonds is 5. The summed E-state index contributed by atoms with van der Waals surface area (Å²) < 4.78 is 12.3. The van der Waals surface area contributed by atoms with Crippen LogP contribution in [-0.4, -0.2) is 24.5 Å². The van der Waals surface area contributed by atoms with E-state index in [1.165, 1.54) is 0 Å². The third-order valence-electron chi connectivity index (χ3n) is 6.38. The highest BCUT2D eigenvalue weighted by molar-refractivity contribution is 9.10. The molecule has 0 spiro atoms. The van der Waals surface area contributed by atoms with Crippen molar-refractivity contribution in [3.63, 3.8) is 0 Å². The minimum atomic E-state index is -0.504. The number of halogens is 1. The fourth-order valence-corrected chi connectivity index (χ4v) is 5.00. The molecule has 0 N–H and O–H groups in total. The monoisotopic (exact) mass is 517 g/mol. The molecule has 1 atom stereocenters. The number of amides is 1. The minimum Gasteiger partial charge on any atom is -0.497 e. The topological polar surface area (TPSA) is 59.8 Å². The van der Waals surface area contributed by atoms with Crippen molar-refractivity contribution in [2.75, 3.05) is 13.7 Å². The van der Waals surface area contributed by atoms with Crippen molar-refractivity contribution in [3.05, 3.63) is 109 Å². The van der Waals surface area contributed by atoms with Gasteiger partial charge in [-0.05, 0) is 72.9 Å².